The smallest absolute Gasteiger partial charge is 0.313 e. The van der Waals surface area contributed by atoms with E-state index in [0.717, 1.165) is 42.9 Å². The van der Waals surface area contributed by atoms with Gasteiger partial charge in [0.15, 0.2) is 0 Å². The van der Waals surface area contributed by atoms with Gasteiger partial charge in [-0.2, -0.15) is 0 Å². The average Bonchev–Trinajstić information content (AvgIpc) is 2.53. The van der Waals surface area contributed by atoms with E-state index in [4.69, 9.17) is 0 Å². The fraction of sp³-hybridized carbons (Fsp3) is 0.529. The van der Waals surface area contributed by atoms with Crippen LogP contribution in [0.15, 0.2) is 18.2 Å². The number of nitrogens with one attached hydrogen (secondary N) is 2. The Kier molecular flexibility index (Phi) is 7.60. The van der Waals surface area contributed by atoms with E-state index in [0.29, 0.717) is 6.54 Å². The van der Waals surface area contributed by atoms with Gasteiger partial charge in [0.05, 0.1) is 0 Å². The lowest BCUT2D eigenvalue weighted by molar-refractivity contribution is -0.136. The third-order valence-corrected chi connectivity index (χ3v) is 3.79. The zero-order valence-electron chi connectivity index (χ0n) is 14.0. The standard InChI is InChI=1S/C17H27N3O2/c1-5-14-10-8-9-13(4)15(14)19-17(22)16(21)18-11-12-20(6-2)7-3/h8-10H,5-7,11-12H2,1-4H3,(H,18,21)(H,19,22). The number of amides is 2. The van der Waals surface area contributed by atoms with Crippen molar-refractivity contribution in [2.75, 3.05) is 31.5 Å². The van der Waals surface area contributed by atoms with Crippen LogP contribution in [0, 0.1) is 6.92 Å². The van der Waals surface area contributed by atoms with Gasteiger partial charge in [-0.05, 0) is 37.6 Å². The van der Waals surface area contributed by atoms with Gasteiger partial charge >= 0.3 is 11.8 Å². The highest BCUT2D eigenvalue weighted by Crippen LogP contribution is 2.20. The van der Waals surface area contributed by atoms with Crippen LogP contribution in [-0.2, 0) is 16.0 Å². The van der Waals surface area contributed by atoms with Crippen LogP contribution < -0.4 is 10.6 Å². The maximum Gasteiger partial charge on any atom is 0.313 e. The van der Waals surface area contributed by atoms with Crippen LogP contribution in [0.1, 0.15) is 31.9 Å². The fourth-order valence-corrected chi connectivity index (χ4v) is 2.32. The molecular formula is C17H27N3O2. The summed E-state index contributed by atoms with van der Waals surface area (Å²) in [5, 5.41) is 5.40. The second-order valence-electron chi connectivity index (χ2n) is 5.20. The normalized spacial score (nSPS) is 10.6. The number of carbonyl (C=O) groups excluding carboxylic acids is 2. The number of benzene rings is 1. The van der Waals surface area contributed by atoms with Gasteiger partial charge in [0, 0.05) is 18.8 Å². The van der Waals surface area contributed by atoms with Crippen molar-refractivity contribution < 1.29 is 9.59 Å². The highest BCUT2D eigenvalue weighted by atomic mass is 16.2. The second-order valence-corrected chi connectivity index (χ2v) is 5.20. The van der Waals surface area contributed by atoms with Crippen LogP contribution in [-0.4, -0.2) is 42.9 Å². The molecule has 0 aliphatic heterocycles. The van der Waals surface area contributed by atoms with Gasteiger partial charge in [-0.1, -0.05) is 39.0 Å². The van der Waals surface area contributed by atoms with Gasteiger partial charge < -0.3 is 15.5 Å². The number of carbonyl (C=O) groups is 2. The lowest BCUT2D eigenvalue weighted by Gasteiger charge is -2.18. The number of hydrogen-bond donors (Lipinski definition) is 2. The third kappa shape index (κ3) is 5.15. The van der Waals surface area contributed by atoms with E-state index in [1.807, 2.05) is 32.0 Å². The number of aryl methyl sites for hydroxylation is 2. The van der Waals surface area contributed by atoms with Crippen LogP contribution >= 0.6 is 0 Å². The second kappa shape index (κ2) is 9.20. The first-order valence-corrected chi connectivity index (χ1v) is 7.93. The first-order chi connectivity index (χ1) is 10.5. The van der Waals surface area contributed by atoms with Gasteiger partial charge in [0.2, 0.25) is 0 Å². The number of nitrogens with zero attached hydrogens (tertiary/aromatic N) is 1. The Morgan fingerprint density at radius 2 is 1.77 bits per heavy atom. The van der Waals surface area contributed by atoms with E-state index >= 15 is 0 Å². The molecule has 0 aliphatic carbocycles. The van der Waals surface area contributed by atoms with Gasteiger partial charge in [-0.3, -0.25) is 9.59 Å². The Bertz CT molecular complexity index is 511. The van der Waals surface area contributed by atoms with Crippen molar-refractivity contribution in [2.45, 2.75) is 34.1 Å². The zero-order valence-corrected chi connectivity index (χ0v) is 14.0. The monoisotopic (exact) mass is 305 g/mol. The van der Waals surface area contributed by atoms with Crippen LogP contribution in [0.5, 0.6) is 0 Å². The van der Waals surface area contributed by atoms with Crippen molar-refractivity contribution in [2.24, 2.45) is 0 Å². The molecule has 22 heavy (non-hydrogen) atoms. The van der Waals surface area contributed by atoms with Crippen molar-refractivity contribution >= 4 is 17.5 Å². The number of para-hydroxylation sites is 1. The fourth-order valence-electron chi connectivity index (χ4n) is 2.32. The molecular weight excluding hydrogens is 278 g/mol. The number of likely N-dealkylation sites (N-methyl/N-ethyl adjacent to an activating group) is 1. The maximum absolute atomic E-state index is 12.0. The molecule has 2 N–H and O–H groups in total. The molecule has 0 radical (unpaired) electrons. The summed E-state index contributed by atoms with van der Waals surface area (Å²) in [5.74, 6) is -1.19. The van der Waals surface area contributed by atoms with Crippen LogP contribution in [0.3, 0.4) is 0 Å². The molecule has 0 saturated carbocycles. The van der Waals surface area contributed by atoms with Crippen LogP contribution in [0.25, 0.3) is 0 Å². The molecule has 2 amide bonds. The van der Waals surface area contributed by atoms with Gasteiger partial charge in [-0.25, -0.2) is 0 Å². The first-order valence-electron chi connectivity index (χ1n) is 7.93. The van der Waals surface area contributed by atoms with Crippen molar-refractivity contribution in [3.63, 3.8) is 0 Å². The summed E-state index contributed by atoms with van der Waals surface area (Å²) < 4.78 is 0. The molecule has 122 valence electrons. The van der Waals surface area contributed by atoms with E-state index in [1.165, 1.54) is 0 Å². The highest BCUT2D eigenvalue weighted by Gasteiger charge is 2.16. The molecule has 0 aliphatic rings. The van der Waals surface area contributed by atoms with Crippen molar-refractivity contribution in [3.05, 3.63) is 29.3 Å². The summed E-state index contributed by atoms with van der Waals surface area (Å²) in [7, 11) is 0. The largest absolute Gasteiger partial charge is 0.347 e. The Balaban J connectivity index is 2.57. The number of rotatable bonds is 7. The molecule has 5 nitrogen and oxygen atoms in total. The predicted molar refractivity (Wildman–Crippen MR) is 90.0 cm³/mol. The third-order valence-electron chi connectivity index (χ3n) is 3.79. The molecule has 0 heterocycles. The van der Waals surface area contributed by atoms with E-state index < -0.39 is 11.8 Å². The minimum absolute atomic E-state index is 0.475. The van der Waals surface area contributed by atoms with E-state index in [1.54, 1.807) is 0 Å². The number of hydrogen-bond acceptors (Lipinski definition) is 3. The molecule has 5 heteroatoms. The van der Waals surface area contributed by atoms with E-state index in [9.17, 15) is 9.59 Å². The molecule has 0 unspecified atom stereocenters. The van der Waals surface area contributed by atoms with E-state index in [-0.39, 0.29) is 0 Å². The van der Waals surface area contributed by atoms with Crippen LogP contribution in [0.2, 0.25) is 0 Å². The van der Waals surface area contributed by atoms with Crippen molar-refractivity contribution in [3.8, 4) is 0 Å². The summed E-state index contributed by atoms with van der Waals surface area (Å²) in [6, 6.07) is 5.84. The summed E-state index contributed by atoms with van der Waals surface area (Å²) in [5.41, 5.74) is 2.74. The maximum atomic E-state index is 12.0. The Labute approximate surface area is 133 Å². The SMILES string of the molecule is CCc1cccc(C)c1NC(=O)C(=O)NCCN(CC)CC. The minimum atomic E-state index is -0.608. The molecule has 1 rings (SSSR count). The molecule has 0 saturated heterocycles. The Morgan fingerprint density at radius 1 is 1.09 bits per heavy atom. The topological polar surface area (TPSA) is 61.4 Å². The quantitative estimate of drug-likeness (QED) is 0.757. The van der Waals surface area contributed by atoms with Crippen LogP contribution in [0.4, 0.5) is 5.69 Å². The lowest BCUT2D eigenvalue weighted by atomic mass is 10.1. The predicted octanol–water partition coefficient (Wildman–Crippen LogP) is 1.95. The average molecular weight is 305 g/mol. The first kappa shape index (κ1) is 18.2. The molecule has 1 aromatic rings. The molecule has 0 atom stereocenters. The Morgan fingerprint density at radius 3 is 2.36 bits per heavy atom. The van der Waals surface area contributed by atoms with Crippen molar-refractivity contribution in [1.29, 1.82) is 0 Å². The van der Waals surface area contributed by atoms with Crippen molar-refractivity contribution in [1.82, 2.24) is 10.2 Å². The summed E-state index contributed by atoms with van der Waals surface area (Å²) in [4.78, 5) is 26.1. The number of anilines is 1. The van der Waals surface area contributed by atoms with Gasteiger partial charge in [0.1, 0.15) is 0 Å². The highest BCUT2D eigenvalue weighted by molar-refractivity contribution is 6.39. The zero-order chi connectivity index (χ0) is 16.5. The summed E-state index contributed by atoms with van der Waals surface area (Å²) >= 11 is 0. The van der Waals surface area contributed by atoms with E-state index in [2.05, 4.69) is 29.4 Å². The van der Waals surface area contributed by atoms with Gasteiger partial charge in [0.25, 0.3) is 0 Å². The molecule has 0 spiro atoms. The van der Waals surface area contributed by atoms with Gasteiger partial charge in [-0.15, -0.1) is 0 Å². The molecule has 1 aromatic carbocycles. The molecule has 0 aromatic heterocycles. The lowest BCUT2D eigenvalue weighted by Crippen LogP contribution is -2.40. The molecule has 0 bridgehead atoms. The molecule has 0 fully saturated rings. The summed E-state index contributed by atoms with van der Waals surface area (Å²) in [6.07, 6.45) is 0.806. The Hall–Kier alpha value is -1.88. The minimum Gasteiger partial charge on any atom is -0.347 e. The summed E-state index contributed by atoms with van der Waals surface area (Å²) in [6.45, 7) is 11.2.